The van der Waals surface area contributed by atoms with Crippen LogP contribution in [0.25, 0.3) is 17.7 Å². The Morgan fingerprint density at radius 2 is 2.23 bits per heavy atom. The second kappa shape index (κ2) is 7.68. The predicted octanol–water partition coefficient (Wildman–Crippen LogP) is 3.47. The Morgan fingerprint density at radius 1 is 1.38 bits per heavy atom. The third kappa shape index (κ3) is 3.66. The molecule has 4 N–H and O–H groups in total. The number of allylic oxidation sites excluding steroid dienone is 2. The van der Waals surface area contributed by atoms with E-state index in [9.17, 15) is 4.79 Å². The van der Waals surface area contributed by atoms with E-state index in [2.05, 4.69) is 28.5 Å². The lowest BCUT2D eigenvalue weighted by Crippen LogP contribution is -2.00. The topological polar surface area (TPSA) is 94.7 Å². The molecule has 0 bridgehead atoms. The summed E-state index contributed by atoms with van der Waals surface area (Å²) in [4.78, 5) is 14.3. The van der Waals surface area contributed by atoms with Gasteiger partial charge in [-0.15, -0.1) is 0 Å². The van der Waals surface area contributed by atoms with Crippen LogP contribution >= 0.6 is 0 Å². The second-order valence-electron chi connectivity index (χ2n) is 6.15. The van der Waals surface area contributed by atoms with Gasteiger partial charge < -0.3 is 16.0 Å². The van der Waals surface area contributed by atoms with Crippen molar-refractivity contribution in [3.05, 3.63) is 70.1 Å². The zero-order valence-corrected chi connectivity index (χ0v) is 14.5. The summed E-state index contributed by atoms with van der Waals surface area (Å²) in [6.45, 7) is 2.54. The first-order chi connectivity index (χ1) is 12.6. The van der Waals surface area contributed by atoms with E-state index in [4.69, 9.17) is 11.0 Å². The highest BCUT2D eigenvalue weighted by Gasteiger charge is 2.10. The van der Waals surface area contributed by atoms with Crippen molar-refractivity contribution in [3.63, 3.8) is 0 Å². The maximum atomic E-state index is 10.8. The molecule has 0 saturated carbocycles. The van der Waals surface area contributed by atoms with Crippen molar-refractivity contribution in [2.75, 3.05) is 11.9 Å². The number of anilines is 1. The average Bonchev–Trinajstić information content (AvgIpc) is 2.97. The molecule has 1 amide bonds. The number of aromatic amines is 1. The number of hydrogen-bond acceptors (Lipinski definition) is 3. The molecule has 130 valence electrons. The summed E-state index contributed by atoms with van der Waals surface area (Å²) in [5.74, 6) is 0. The van der Waals surface area contributed by atoms with Crippen molar-refractivity contribution in [3.8, 4) is 6.07 Å². The molecule has 5 nitrogen and oxygen atoms in total. The monoisotopic (exact) mass is 344 g/mol. The fraction of sp³-hybridized carbons (Fsp3) is 0.143. The zero-order valence-electron chi connectivity index (χ0n) is 14.5. The molecule has 0 saturated heterocycles. The van der Waals surface area contributed by atoms with Crippen LogP contribution in [-0.2, 0) is 11.2 Å². The van der Waals surface area contributed by atoms with Crippen molar-refractivity contribution < 1.29 is 4.79 Å². The van der Waals surface area contributed by atoms with E-state index in [-0.39, 0.29) is 0 Å². The third-order valence-electron chi connectivity index (χ3n) is 4.41. The first-order valence-electron chi connectivity index (χ1n) is 8.36. The molecule has 0 spiro atoms. The van der Waals surface area contributed by atoms with E-state index in [1.807, 2.05) is 25.2 Å². The second-order valence-corrected chi connectivity index (χ2v) is 6.15. The molecule has 0 unspecified atom stereocenters. The number of nitrogens with zero attached hydrogens (tertiary/aromatic N) is 1. The lowest BCUT2D eigenvalue weighted by atomic mass is 10.0. The molecular weight excluding hydrogens is 324 g/mol. The van der Waals surface area contributed by atoms with Crippen LogP contribution in [0.4, 0.5) is 5.69 Å². The number of fused-ring (bicyclic) bond motifs is 1. The minimum Gasteiger partial charge on any atom is -0.355 e. The van der Waals surface area contributed by atoms with Crippen LogP contribution in [0.2, 0.25) is 0 Å². The highest BCUT2D eigenvalue weighted by molar-refractivity contribution is 5.87. The quantitative estimate of drug-likeness (QED) is 0.725. The Kier molecular flexibility index (Phi) is 5.16. The van der Waals surface area contributed by atoms with E-state index in [0.29, 0.717) is 24.2 Å². The number of aromatic nitrogens is 1. The van der Waals surface area contributed by atoms with Gasteiger partial charge in [0.25, 0.3) is 0 Å². The van der Waals surface area contributed by atoms with E-state index in [0.717, 1.165) is 34.5 Å². The number of nitriles is 1. The van der Waals surface area contributed by atoms with Crippen LogP contribution in [0.5, 0.6) is 0 Å². The van der Waals surface area contributed by atoms with E-state index < -0.39 is 0 Å². The van der Waals surface area contributed by atoms with Gasteiger partial charge in [-0.3, -0.25) is 4.79 Å². The molecule has 0 radical (unpaired) electrons. The summed E-state index contributed by atoms with van der Waals surface area (Å²) < 4.78 is 0. The number of carbonyl (C=O) groups excluding carboxylic acids is 1. The van der Waals surface area contributed by atoms with Gasteiger partial charge in [-0.2, -0.15) is 5.26 Å². The Labute approximate surface area is 152 Å². The molecule has 1 aliphatic carbocycles. The summed E-state index contributed by atoms with van der Waals surface area (Å²) in [7, 11) is 0. The van der Waals surface area contributed by atoms with Crippen LogP contribution < -0.4 is 11.1 Å². The van der Waals surface area contributed by atoms with Crippen molar-refractivity contribution >= 4 is 29.8 Å². The molecule has 2 aromatic rings. The number of hydrogen-bond donors (Lipinski definition) is 3. The van der Waals surface area contributed by atoms with Gasteiger partial charge in [0.2, 0.25) is 6.41 Å². The van der Waals surface area contributed by atoms with Gasteiger partial charge in [-0.25, -0.2) is 0 Å². The number of nitrogens with two attached hydrogens (primary N) is 1. The molecule has 3 rings (SSSR count). The van der Waals surface area contributed by atoms with E-state index >= 15 is 0 Å². The minimum absolute atomic E-state index is 0.536. The Bertz CT molecular complexity index is 970. The number of carbonyl (C=O) groups is 1. The summed E-state index contributed by atoms with van der Waals surface area (Å²) in [6.07, 6.45) is 9.66. The first kappa shape index (κ1) is 17.5. The fourth-order valence-corrected chi connectivity index (χ4v) is 2.95. The van der Waals surface area contributed by atoms with E-state index in [1.165, 1.54) is 5.56 Å². The summed E-state index contributed by atoms with van der Waals surface area (Å²) in [6, 6.07) is 9.43. The van der Waals surface area contributed by atoms with Crippen molar-refractivity contribution in [2.45, 2.75) is 13.3 Å². The molecule has 0 aliphatic heterocycles. The smallest absolute Gasteiger partial charge is 0.211 e. The molecular formula is C21H20N4O. The highest BCUT2D eigenvalue weighted by Crippen LogP contribution is 2.27. The summed E-state index contributed by atoms with van der Waals surface area (Å²) in [5, 5.41) is 11.8. The van der Waals surface area contributed by atoms with Gasteiger partial charge in [-0.1, -0.05) is 12.2 Å². The molecule has 1 aromatic carbocycles. The van der Waals surface area contributed by atoms with Crippen LogP contribution in [0.3, 0.4) is 0 Å². The Hall–Kier alpha value is -3.36. The third-order valence-corrected chi connectivity index (χ3v) is 4.41. The van der Waals surface area contributed by atoms with Crippen LogP contribution in [0.15, 0.2) is 42.0 Å². The number of rotatable bonds is 5. The molecule has 1 heterocycles. The van der Waals surface area contributed by atoms with Gasteiger partial charge in [0.1, 0.15) is 0 Å². The maximum absolute atomic E-state index is 10.8. The fourth-order valence-electron chi connectivity index (χ4n) is 2.95. The molecule has 5 heteroatoms. The lowest BCUT2D eigenvalue weighted by molar-refractivity contribution is -0.105. The highest BCUT2D eigenvalue weighted by atomic mass is 16.1. The number of benzene rings is 1. The average molecular weight is 344 g/mol. The van der Waals surface area contributed by atoms with Gasteiger partial charge >= 0.3 is 0 Å². The van der Waals surface area contributed by atoms with Crippen LogP contribution in [-0.4, -0.2) is 17.9 Å². The summed E-state index contributed by atoms with van der Waals surface area (Å²) in [5.41, 5.74) is 13.1. The minimum atomic E-state index is 0.536. The van der Waals surface area contributed by atoms with Crippen molar-refractivity contribution in [1.82, 2.24) is 4.98 Å². The van der Waals surface area contributed by atoms with Crippen LogP contribution in [0, 0.1) is 11.3 Å². The Morgan fingerprint density at radius 3 is 2.96 bits per heavy atom. The molecule has 1 aliphatic rings. The number of nitrogens with one attached hydrogen (secondary N) is 2. The molecule has 1 aromatic heterocycles. The van der Waals surface area contributed by atoms with Crippen molar-refractivity contribution in [2.24, 2.45) is 5.73 Å². The van der Waals surface area contributed by atoms with Gasteiger partial charge in [0.15, 0.2) is 0 Å². The van der Waals surface area contributed by atoms with Crippen molar-refractivity contribution in [1.29, 1.82) is 5.26 Å². The summed E-state index contributed by atoms with van der Waals surface area (Å²) >= 11 is 0. The van der Waals surface area contributed by atoms with Gasteiger partial charge in [-0.05, 0) is 72.0 Å². The number of H-pyrrole nitrogens is 1. The Balaban J connectivity index is 1.95. The SMILES string of the molecule is C/C(=C\c1cc(C#N)ccc1NC=O)c1cc2c([nH]1)C=CC(CN)=CC2. The lowest BCUT2D eigenvalue weighted by Gasteiger charge is -2.06. The number of amides is 1. The normalized spacial score (nSPS) is 13.4. The molecule has 0 fully saturated rings. The molecule has 26 heavy (non-hydrogen) atoms. The van der Waals surface area contributed by atoms with Crippen LogP contribution in [0.1, 0.15) is 35.0 Å². The van der Waals surface area contributed by atoms with E-state index in [1.54, 1.807) is 18.2 Å². The zero-order chi connectivity index (χ0) is 18.5. The molecule has 0 atom stereocenters. The maximum Gasteiger partial charge on any atom is 0.211 e. The standard InChI is InChI=1S/C21H20N4O/c1-14(8-18-9-16(12-23)4-6-19(18)24-13-26)21-10-17-5-2-15(11-22)3-7-20(17)25-21/h2-4,6-10,13,25H,5,11,22H2,1H3,(H,24,26)/b14-8+. The predicted molar refractivity (Wildman–Crippen MR) is 105 cm³/mol. The first-order valence-corrected chi connectivity index (χ1v) is 8.36. The largest absolute Gasteiger partial charge is 0.355 e. The van der Waals surface area contributed by atoms with Gasteiger partial charge in [0, 0.05) is 23.6 Å². The van der Waals surface area contributed by atoms with Gasteiger partial charge in [0.05, 0.1) is 11.6 Å².